The largest absolute Gasteiger partial charge is 0.482 e. The highest BCUT2D eigenvalue weighted by Crippen LogP contribution is 2.40. The summed E-state index contributed by atoms with van der Waals surface area (Å²) in [6, 6.07) is 5.63. The molecule has 6 heteroatoms. The smallest absolute Gasteiger partial charge is 0.184 e. The van der Waals surface area contributed by atoms with Gasteiger partial charge in [-0.25, -0.2) is 0 Å². The van der Waals surface area contributed by atoms with E-state index in [1.54, 1.807) is 0 Å². The number of β-amino-alcohol motifs (C(OH)–C–C–N with tert-alkyl or cyclic N) is 1. The zero-order valence-electron chi connectivity index (χ0n) is 10.0. The number of ether oxygens (including phenoxy) is 2. The van der Waals surface area contributed by atoms with Gasteiger partial charge >= 0.3 is 0 Å². The van der Waals surface area contributed by atoms with Crippen LogP contribution in [0.25, 0.3) is 0 Å². The SMILES string of the molecule is NC1COc2c(cccc2N2CCNCC2O)O1. The Morgan fingerprint density at radius 1 is 1.44 bits per heavy atom. The third kappa shape index (κ3) is 1.98. The number of aliphatic hydroxyl groups is 1. The van der Waals surface area contributed by atoms with Gasteiger partial charge in [-0.1, -0.05) is 6.07 Å². The van der Waals surface area contributed by atoms with E-state index in [4.69, 9.17) is 15.2 Å². The predicted molar refractivity (Wildman–Crippen MR) is 66.8 cm³/mol. The molecule has 1 aromatic carbocycles. The number of nitrogens with two attached hydrogens (primary N) is 1. The summed E-state index contributed by atoms with van der Waals surface area (Å²) in [5.41, 5.74) is 6.54. The topological polar surface area (TPSA) is 80.0 Å². The van der Waals surface area contributed by atoms with E-state index in [9.17, 15) is 5.11 Å². The third-order valence-corrected chi connectivity index (χ3v) is 3.15. The number of nitrogens with zero attached hydrogens (tertiary/aromatic N) is 1. The molecule has 4 N–H and O–H groups in total. The van der Waals surface area contributed by atoms with Crippen molar-refractivity contribution in [2.24, 2.45) is 5.73 Å². The fraction of sp³-hybridized carbons (Fsp3) is 0.500. The molecule has 0 aromatic heterocycles. The normalized spacial score (nSPS) is 27.1. The molecule has 2 unspecified atom stereocenters. The van der Waals surface area contributed by atoms with Crippen molar-refractivity contribution < 1.29 is 14.6 Å². The molecular weight excluding hydrogens is 234 g/mol. The Labute approximate surface area is 105 Å². The zero-order chi connectivity index (χ0) is 12.5. The molecule has 2 heterocycles. The van der Waals surface area contributed by atoms with Gasteiger partial charge in [-0.05, 0) is 12.1 Å². The highest BCUT2D eigenvalue weighted by Gasteiger charge is 2.27. The summed E-state index contributed by atoms with van der Waals surface area (Å²) in [5.74, 6) is 1.30. The van der Waals surface area contributed by atoms with Gasteiger partial charge in [-0.3, -0.25) is 5.73 Å². The lowest BCUT2D eigenvalue weighted by Gasteiger charge is -2.36. The van der Waals surface area contributed by atoms with Crippen LogP contribution in [0, 0.1) is 0 Å². The van der Waals surface area contributed by atoms with E-state index in [0.717, 1.165) is 18.8 Å². The van der Waals surface area contributed by atoms with Crippen molar-refractivity contribution >= 4 is 5.69 Å². The van der Waals surface area contributed by atoms with Crippen LogP contribution in [0.1, 0.15) is 0 Å². The number of benzene rings is 1. The summed E-state index contributed by atoms with van der Waals surface area (Å²) in [4.78, 5) is 1.91. The molecule has 2 atom stereocenters. The number of aliphatic hydroxyl groups excluding tert-OH is 1. The molecule has 3 rings (SSSR count). The summed E-state index contributed by atoms with van der Waals surface area (Å²) in [5, 5.41) is 13.2. The standard InChI is InChI=1S/C12H17N3O3/c13-10-7-17-12-8(2-1-3-9(12)18-10)15-5-4-14-6-11(15)16/h1-3,10-11,14,16H,4-7,13H2. The maximum Gasteiger partial charge on any atom is 0.184 e. The third-order valence-electron chi connectivity index (χ3n) is 3.15. The second-order valence-corrected chi connectivity index (χ2v) is 4.45. The number of hydrogen-bond acceptors (Lipinski definition) is 6. The average Bonchev–Trinajstić information content (AvgIpc) is 2.38. The number of hydrogen-bond donors (Lipinski definition) is 3. The molecule has 6 nitrogen and oxygen atoms in total. The summed E-state index contributed by atoms with van der Waals surface area (Å²) in [6.45, 7) is 2.43. The molecule has 1 fully saturated rings. The number of piperazine rings is 1. The van der Waals surface area contributed by atoms with Crippen molar-refractivity contribution in [3.05, 3.63) is 18.2 Å². The lowest BCUT2D eigenvalue weighted by atomic mass is 10.2. The minimum absolute atomic E-state index is 0.326. The van der Waals surface area contributed by atoms with Crippen LogP contribution in [0.3, 0.4) is 0 Å². The first-order valence-corrected chi connectivity index (χ1v) is 6.09. The zero-order valence-corrected chi connectivity index (χ0v) is 10.0. The van der Waals surface area contributed by atoms with Gasteiger partial charge < -0.3 is 24.8 Å². The minimum atomic E-state index is -0.551. The predicted octanol–water partition coefficient (Wildman–Crippen LogP) is -0.529. The van der Waals surface area contributed by atoms with Gasteiger partial charge in [0.2, 0.25) is 0 Å². The fourth-order valence-electron chi connectivity index (χ4n) is 2.30. The maximum absolute atomic E-state index is 10.0. The molecule has 98 valence electrons. The number of rotatable bonds is 1. The molecule has 1 aromatic rings. The molecule has 0 spiro atoms. The van der Waals surface area contributed by atoms with Crippen molar-refractivity contribution in [2.75, 3.05) is 31.1 Å². The Morgan fingerprint density at radius 3 is 3.17 bits per heavy atom. The number of anilines is 1. The minimum Gasteiger partial charge on any atom is -0.482 e. The quantitative estimate of drug-likeness (QED) is 0.623. The van der Waals surface area contributed by atoms with E-state index in [1.165, 1.54) is 0 Å². The van der Waals surface area contributed by atoms with E-state index in [1.807, 2.05) is 23.1 Å². The monoisotopic (exact) mass is 251 g/mol. The Balaban J connectivity index is 1.94. The van der Waals surface area contributed by atoms with Crippen molar-refractivity contribution in [3.8, 4) is 11.5 Å². The van der Waals surface area contributed by atoms with Gasteiger partial charge in [0.05, 0.1) is 5.69 Å². The van der Waals surface area contributed by atoms with Crippen molar-refractivity contribution in [3.63, 3.8) is 0 Å². The van der Waals surface area contributed by atoms with Crippen LogP contribution in [0.5, 0.6) is 11.5 Å². The maximum atomic E-state index is 10.0. The molecule has 0 amide bonds. The van der Waals surface area contributed by atoms with E-state index in [2.05, 4.69) is 5.32 Å². The van der Waals surface area contributed by atoms with E-state index < -0.39 is 12.5 Å². The molecule has 1 saturated heterocycles. The number of para-hydroxylation sites is 1. The number of nitrogens with one attached hydrogen (secondary N) is 1. The van der Waals surface area contributed by atoms with Gasteiger partial charge in [0, 0.05) is 19.6 Å². The summed E-state index contributed by atoms with van der Waals surface area (Å²) in [6.07, 6.45) is -0.981. The molecule has 18 heavy (non-hydrogen) atoms. The molecule has 2 aliphatic rings. The second-order valence-electron chi connectivity index (χ2n) is 4.45. The highest BCUT2D eigenvalue weighted by atomic mass is 16.6. The van der Waals surface area contributed by atoms with E-state index in [-0.39, 0.29) is 0 Å². The molecule has 0 aliphatic carbocycles. The lowest BCUT2D eigenvalue weighted by Crippen LogP contribution is -2.51. The number of fused-ring (bicyclic) bond motifs is 1. The Morgan fingerprint density at radius 2 is 2.33 bits per heavy atom. The molecule has 0 saturated carbocycles. The van der Waals surface area contributed by atoms with Crippen molar-refractivity contribution in [2.45, 2.75) is 12.5 Å². The van der Waals surface area contributed by atoms with Crippen LogP contribution in [0.2, 0.25) is 0 Å². The lowest BCUT2D eigenvalue weighted by molar-refractivity contribution is 0.0944. The fourth-order valence-corrected chi connectivity index (χ4v) is 2.30. The first kappa shape index (κ1) is 11.6. The Kier molecular flexibility index (Phi) is 2.99. The summed E-state index contributed by atoms with van der Waals surface area (Å²) < 4.78 is 11.2. The molecular formula is C12H17N3O3. The Bertz CT molecular complexity index is 441. The van der Waals surface area contributed by atoms with Gasteiger partial charge in [0.15, 0.2) is 17.7 Å². The van der Waals surface area contributed by atoms with Crippen LogP contribution in [-0.4, -0.2) is 43.8 Å². The summed E-state index contributed by atoms with van der Waals surface area (Å²) in [7, 11) is 0. The van der Waals surface area contributed by atoms with E-state index in [0.29, 0.717) is 24.7 Å². The van der Waals surface area contributed by atoms with Gasteiger partial charge in [0.25, 0.3) is 0 Å². The van der Waals surface area contributed by atoms with E-state index >= 15 is 0 Å². The molecule has 0 bridgehead atoms. The highest BCUT2D eigenvalue weighted by molar-refractivity contribution is 5.65. The van der Waals surface area contributed by atoms with Gasteiger partial charge in [-0.2, -0.15) is 0 Å². The Hall–Kier alpha value is -1.50. The second kappa shape index (κ2) is 4.64. The van der Waals surface area contributed by atoms with Crippen LogP contribution in [0.4, 0.5) is 5.69 Å². The average molecular weight is 251 g/mol. The van der Waals surface area contributed by atoms with Gasteiger partial charge in [-0.15, -0.1) is 0 Å². The van der Waals surface area contributed by atoms with Crippen LogP contribution < -0.4 is 25.4 Å². The molecule has 0 radical (unpaired) electrons. The van der Waals surface area contributed by atoms with Crippen LogP contribution in [0.15, 0.2) is 18.2 Å². The first-order valence-electron chi connectivity index (χ1n) is 6.09. The summed E-state index contributed by atoms with van der Waals surface area (Å²) >= 11 is 0. The van der Waals surface area contributed by atoms with Crippen molar-refractivity contribution in [1.29, 1.82) is 0 Å². The molecule has 2 aliphatic heterocycles. The van der Waals surface area contributed by atoms with Crippen LogP contribution >= 0.6 is 0 Å². The van der Waals surface area contributed by atoms with Crippen LogP contribution in [-0.2, 0) is 0 Å². The van der Waals surface area contributed by atoms with Gasteiger partial charge in [0.1, 0.15) is 12.8 Å². The van der Waals surface area contributed by atoms with Crippen molar-refractivity contribution in [1.82, 2.24) is 5.32 Å². The first-order chi connectivity index (χ1) is 8.75.